The fourth-order valence-electron chi connectivity index (χ4n) is 2.59. The van der Waals surface area contributed by atoms with Gasteiger partial charge < -0.3 is 5.32 Å². The van der Waals surface area contributed by atoms with Crippen molar-refractivity contribution in [2.24, 2.45) is 5.92 Å². The average Bonchev–Trinajstić information content (AvgIpc) is 3.20. The SMILES string of the molecule is CCCNC(c1ccc(-c2cccc(Cl)c2Br)s1)C1CC1. The van der Waals surface area contributed by atoms with E-state index in [1.807, 2.05) is 23.5 Å². The van der Waals surface area contributed by atoms with Gasteiger partial charge in [0.15, 0.2) is 0 Å². The van der Waals surface area contributed by atoms with E-state index in [9.17, 15) is 0 Å². The molecule has 1 atom stereocenters. The van der Waals surface area contributed by atoms with Gasteiger partial charge in [0.1, 0.15) is 0 Å². The van der Waals surface area contributed by atoms with Gasteiger partial charge in [0, 0.05) is 25.8 Å². The first kappa shape index (κ1) is 15.5. The minimum atomic E-state index is 0.529. The maximum Gasteiger partial charge on any atom is 0.0554 e. The second-order valence-corrected chi connectivity index (χ2v) is 7.89. The summed E-state index contributed by atoms with van der Waals surface area (Å²) in [4.78, 5) is 2.73. The van der Waals surface area contributed by atoms with E-state index in [1.54, 1.807) is 0 Å². The summed E-state index contributed by atoms with van der Waals surface area (Å²) in [5, 5.41) is 4.48. The zero-order chi connectivity index (χ0) is 14.8. The predicted molar refractivity (Wildman–Crippen MR) is 96.2 cm³/mol. The third-order valence-corrected chi connectivity index (χ3v) is 6.46. The predicted octanol–water partition coefficient (Wildman–Crippen LogP) is 6.28. The van der Waals surface area contributed by atoms with E-state index in [0.717, 1.165) is 22.0 Å². The fourth-order valence-corrected chi connectivity index (χ4v) is 4.58. The van der Waals surface area contributed by atoms with Crippen molar-refractivity contribution in [1.82, 2.24) is 5.32 Å². The summed E-state index contributed by atoms with van der Waals surface area (Å²) in [5.41, 5.74) is 1.18. The van der Waals surface area contributed by atoms with Crippen molar-refractivity contribution in [2.75, 3.05) is 6.54 Å². The van der Waals surface area contributed by atoms with E-state index in [2.05, 4.69) is 46.4 Å². The number of thiophene rings is 1. The summed E-state index contributed by atoms with van der Waals surface area (Å²) >= 11 is 11.7. The monoisotopic (exact) mass is 383 g/mol. The Morgan fingerprint density at radius 2 is 2.14 bits per heavy atom. The lowest BCUT2D eigenvalue weighted by atomic mass is 10.1. The molecule has 1 heterocycles. The molecule has 1 aromatic carbocycles. The highest BCUT2D eigenvalue weighted by molar-refractivity contribution is 9.10. The van der Waals surface area contributed by atoms with Crippen LogP contribution in [0.4, 0.5) is 0 Å². The van der Waals surface area contributed by atoms with Crippen LogP contribution in [-0.2, 0) is 0 Å². The lowest BCUT2D eigenvalue weighted by Crippen LogP contribution is -2.22. The van der Waals surface area contributed by atoms with Crippen molar-refractivity contribution in [3.05, 3.63) is 44.7 Å². The quantitative estimate of drug-likeness (QED) is 0.618. The molecule has 0 aliphatic heterocycles. The molecule has 2 aromatic rings. The van der Waals surface area contributed by atoms with Crippen LogP contribution in [0.1, 0.15) is 37.1 Å². The highest BCUT2D eigenvalue weighted by atomic mass is 79.9. The number of benzene rings is 1. The average molecular weight is 385 g/mol. The van der Waals surface area contributed by atoms with Crippen LogP contribution in [-0.4, -0.2) is 6.54 Å². The van der Waals surface area contributed by atoms with Crippen molar-refractivity contribution in [2.45, 2.75) is 32.2 Å². The summed E-state index contributed by atoms with van der Waals surface area (Å²) in [6.07, 6.45) is 3.90. The van der Waals surface area contributed by atoms with E-state index in [-0.39, 0.29) is 0 Å². The summed E-state index contributed by atoms with van der Waals surface area (Å²) in [6.45, 7) is 3.31. The lowest BCUT2D eigenvalue weighted by molar-refractivity contribution is 0.488. The highest BCUT2D eigenvalue weighted by Gasteiger charge is 2.32. The van der Waals surface area contributed by atoms with Crippen LogP contribution in [0.2, 0.25) is 5.02 Å². The van der Waals surface area contributed by atoms with Crippen LogP contribution in [0.3, 0.4) is 0 Å². The van der Waals surface area contributed by atoms with E-state index < -0.39 is 0 Å². The van der Waals surface area contributed by atoms with E-state index in [1.165, 1.54) is 34.6 Å². The molecule has 1 unspecified atom stereocenters. The highest BCUT2D eigenvalue weighted by Crippen LogP contribution is 2.45. The van der Waals surface area contributed by atoms with Gasteiger partial charge in [0.05, 0.1) is 5.02 Å². The van der Waals surface area contributed by atoms with E-state index in [0.29, 0.717) is 6.04 Å². The first-order valence-corrected chi connectivity index (χ1v) is 9.47. The first-order chi connectivity index (χ1) is 10.2. The molecular formula is C17H19BrClNS. The molecule has 21 heavy (non-hydrogen) atoms. The second kappa shape index (κ2) is 6.82. The molecular weight excluding hydrogens is 366 g/mol. The van der Waals surface area contributed by atoms with Crippen molar-refractivity contribution < 1.29 is 0 Å². The Bertz CT molecular complexity index is 621. The molecule has 1 aliphatic carbocycles. The Morgan fingerprint density at radius 3 is 2.86 bits per heavy atom. The Morgan fingerprint density at radius 1 is 1.33 bits per heavy atom. The molecule has 1 N–H and O–H groups in total. The van der Waals surface area contributed by atoms with Gasteiger partial charge in [-0.1, -0.05) is 30.7 Å². The maximum atomic E-state index is 6.21. The minimum Gasteiger partial charge on any atom is -0.309 e. The van der Waals surface area contributed by atoms with Crippen LogP contribution >= 0.6 is 38.9 Å². The Kier molecular flexibility index (Phi) is 5.05. The minimum absolute atomic E-state index is 0.529. The van der Waals surface area contributed by atoms with Gasteiger partial charge in [-0.25, -0.2) is 0 Å². The van der Waals surface area contributed by atoms with E-state index >= 15 is 0 Å². The van der Waals surface area contributed by atoms with Crippen molar-refractivity contribution >= 4 is 38.9 Å². The van der Waals surface area contributed by atoms with Gasteiger partial charge in [-0.2, -0.15) is 0 Å². The first-order valence-electron chi connectivity index (χ1n) is 7.48. The van der Waals surface area contributed by atoms with Crippen molar-refractivity contribution in [3.63, 3.8) is 0 Å². The molecule has 0 spiro atoms. The number of hydrogen-bond donors (Lipinski definition) is 1. The summed E-state index contributed by atoms with van der Waals surface area (Å²) in [6, 6.07) is 11.1. The fraction of sp³-hybridized carbons (Fsp3) is 0.412. The van der Waals surface area contributed by atoms with Crippen LogP contribution in [0, 0.1) is 5.92 Å². The van der Waals surface area contributed by atoms with Crippen LogP contribution in [0.25, 0.3) is 10.4 Å². The van der Waals surface area contributed by atoms with Crippen molar-refractivity contribution in [3.8, 4) is 10.4 Å². The largest absolute Gasteiger partial charge is 0.309 e. The Hall–Kier alpha value is -0.350. The molecule has 0 bridgehead atoms. The van der Waals surface area contributed by atoms with E-state index in [4.69, 9.17) is 11.6 Å². The molecule has 112 valence electrons. The molecule has 1 aromatic heterocycles. The zero-order valence-corrected chi connectivity index (χ0v) is 15.2. The van der Waals surface area contributed by atoms with Gasteiger partial charge in [-0.3, -0.25) is 0 Å². The Balaban J connectivity index is 1.86. The topological polar surface area (TPSA) is 12.0 Å². The normalized spacial score (nSPS) is 16.1. The summed E-state index contributed by atoms with van der Waals surface area (Å²) < 4.78 is 0.990. The van der Waals surface area contributed by atoms with Crippen LogP contribution < -0.4 is 5.32 Å². The molecule has 1 nitrogen and oxygen atoms in total. The molecule has 1 fully saturated rings. The van der Waals surface area contributed by atoms with Gasteiger partial charge in [-0.05, 0) is 65.9 Å². The molecule has 0 radical (unpaired) electrons. The van der Waals surface area contributed by atoms with Crippen LogP contribution in [0.5, 0.6) is 0 Å². The van der Waals surface area contributed by atoms with Gasteiger partial charge in [0.25, 0.3) is 0 Å². The molecule has 1 aliphatic rings. The number of rotatable bonds is 6. The standard InChI is InChI=1S/C17H19BrClNS/c1-2-10-20-17(11-6-7-11)15-9-8-14(21-15)12-4-3-5-13(19)16(12)18/h3-5,8-9,11,17,20H,2,6-7,10H2,1H3. The maximum absolute atomic E-state index is 6.21. The summed E-state index contributed by atoms with van der Waals surface area (Å²) in [7, 11) is 0. The summed E-state index contributed by atoms with van der Waals surface area (Å²) in [5.74, 6) is 0.825. The molecule has 3 rings (SSSR count). The van der Waals surface area contributed by atoms with Crippen LogP contribution in [0.15, 0.2) is 34.8 Å². The molecule has 4 heteroatoms. The molecule has 0 saturated heterocycles. The van der Waals surface area contributed by atoms with Gasteiger partial charge >= 0.3 is 0 Å². The third-order valence-electron chi connectivity index (χ3n) is 3.86. The third kappa shape index (κ3) is 3.53. The van der Waals surface area contributed by atoms with Crippen molar-refractivity contribution in [1.29, 1.82) is 0 Å². The lowest BCUT2D eigenvalue weighted by Gasteiger charge is -2.16. The number of hydrogen-bond acceptors (Lipinski definition) is 2. The Labute approximate surface area is 143 Å². The molecule has 0 amide bonds. The number of halogens is 2. The van der Waals surface area contributed by atoms with Gasteiger partial charge in [-0.15, -0.1) is 11.3 Å². The van der Waals surface area contributed by atoms with Gasteiger partial charge in [0.2, 0.25) is 0 Å². The number of nitrogens with one attached hydrogen (secondary N) is 1. The second-order valence-electron chi connectivity index (χ2n) is 5.57. The smallest absolute Gasteiger partial charge is 0.0554 e. The molecule has 1 saturated carbocycles. The zero-order valence-electron chi connectivity index (χ0n) is 12.0.